The third-order valence-corrected chi connectivity index (χ3v) is 4.72. The van der Waals surface area contributed by atoms with Gasteiger partial charge in [0.1, 0.15) is 16.9 Å². The highest BCUT2D eigenvalue weighted by atomic mass is 35.5. The number of anilines is 1. The van der Waals surface area contributed by atoms with Crippen LogP contribution in [-0.4, -0.2) is 23.2 Å². The molecule has 0 bridgehead atoms. The molecule has 0 radical (unpaired) electrons. The fourth-order valence-electron chi connectivity index (χ4n) is 2.23. The number of furan rings is 1. The Labute approximate surface area is 132 Å². The van der Waals surface area contributed by atoms with E-state index in [1.54, 1.807) is 40.9 Å². The summed E-state index contributed by atoms with van der Waals surface area (Å²) in [6, 6.07) is 10.8. The zero-order valence-corrected chi connectivity index (χ0v) is 13.1. The van der Waals surface area contributed by atoms with Crippen LogP contribution in [0.5, 0.6) is 0 Å². The first kappa shape index (κ1) is 14.4. The second kappa shape index (κ2) is 6.03. The Morgan fingerprint density at radius 2 is 2.10 bits per heavy atom. The van der Waals surface area contributed by atoms with Crippen LogP contribution in [0.4, 0.5) is 10.5 Å². The standard InChI is InChI=1S/C15H15ClN2O2S/c1-10-2-7-13(20-10)14-18(8-9-21-14)15(19)17-12-5-3-11(16)4-6-12/h2-7,14H,8-9H2,1H3,(H,17,19). The Bertz CT molecular complexity index is 641. The summed E-state index contributed by atoms with van der Waals surface area (Å²) < 4.78 is 5.65. The van der Waals surface area contributed by atoms with Gasteiger partial charge in [-0.1, -0.05) is 11.6 Å². The Morgan fingerprint density at radius 1 is 1.33 bits per heavy atom. The van der Waals surface area contributed by atoms with Crippen molar-refractivity contribution in [1.82, 2.24) is 4.90 Å². The normalized spacial score (nSPS) is 18.0. The molecular weight excluding hydrogens is 308 g/mol. The largest absolute Gasteiger partial charge is 0.463 e. The molecule has 1 atom stereocenters. The molecule has 1 aliphatic rings. The summed E-state index contributed by atoms with van der Waals surface area (Å²) in [6.45, 7) is 2.61. The van der Waals surface area contributed by atoms with Gasteiger partial charge >= 0.3 is 6.03 Å². The molecule has 2 amide bonds. The van der Waals surface area contributed by atoms with Crippen molar-refractivity contribution >= 4 is 35.1 Å². The molecule has 110 valence electrons. The predicted molar refractivity (Wildman–Crippen MR) is 85.8 cm³/mol. The molecule has 1 saturated heterocycles. The number of nitrogens with zero attached hydrogens (tertiary/aromatic N) is 1. The van der Waals surface area contributed by atoms with E-state index in [-0.39, 0.29) is 11.4 Å². The second-order valence-corrected chi connectivity index (χ2v) is 6.43. The topological polar surface area (TPSA) is 45.5 Å². The number of halogens is 1. The van der Waals surface area contributed by atoms with Crippen molar-refractivity contribution in [3.05, 3.63) is 52.9 Å². The molecule has 1 fully saturated rings. The lowest BCUT2D eigenvalue weighted by Gasteiger charge is -2.22. The van der Waals surface area contributed by atoms with Gasteiger partial charge < -0.3 is 14.6 Å². The summed E-state index contributed by atoms with van der Waals surface area (Å²) in [6.07, 6.45) is 0. The van der Waals surface area contributed by atoms with Crippen molar-refractivity contribution in [2.75, 3.05) is 17.6 Å². The summed E-state index contributed by atoms with van der Waals surface area (Å²) in [4.78, 5) is 14.2. The molecule has 1 aromatic heterocycles. The quantitative estimate of drug-likeness (QED) is 0.884. The molecular formula is C15H15ClN2O2S. The molecule has 2 aromatic rings. The van der Waals surface area contributed by atoms with Crippen LogP contribution in [0.3, 0.4) is 0 Å². The molecule has 1 unspecified atom stereocenters. The third kappa shape index (κ3) is 3.19. The van der Waals surface area contributed by atoms with E-state index in [0.29, 0.717) is 11.6 Å². The van der Waals surface area contributed by atoms with Crippen LogP contribution in [-0.2, 0) is 0 Å². The Hall–Kier alpha value is -1.59. The van der Waals surface area contributed by atoms with E-state index in [4.69, 9.17) is 16.0 Å². The molecule has 1 aromatic carbocycles. The fraction of sp³-hybridized carbons (Fsp3) is 0.267. The zero-order valence-electron chi connectivity index (χ0n) is 11.5. The summed E-state index contributed by atoms with van der Waals surface area (Å²) in [5, 5.41) is 3.47. The van der Waals surface area contributed by atoms with Crippen LogP contribution in [0.1, 0.15) is 16.9 Å². The van der Waals surface area contributed by atoms with Crippen molar-refractivity contribution in [1.29, 1.82) is 0 Å². The number of hydrogen-bond acceptors (Lipinski definition) is 3. The van der Waals surface area contributed by atoms with E-state index < -0.39 is 0 Å². The monoisotopic (exact) mass is 322 g/mol. The third-order valence-electron chi connectivity index (χ3n) is 3.25. The van der Waals surface area contributed by atoms with Crippen LogP contribution < -0.4 is 5.32 Å². The van der Waals surface area contributed by atoms with E-state index >= 15 is 0 Å². The van der Waals surface area contributed by atoms with Gasteiger partial charge in [0.15, 0.2) is 0 Å². The first-order valence-corrected chi connectivity index (χ1v) is 8.07. The molecule has 2 heterocycles. The molecule has 6 heteroatoms. The summed E-state index contributed by atoms with van der Waals surface area (Å²) in [5.41, 5.74) is 0.732. The van der Waals surface area contributed by atoms with Gasteiger partial charge in [0.05, 0.1) is 0 Å². The van der Waals surface area contributed by atoms with E-state index in [1.165, 1.54) is 0 Å². The van der Waals surface area contributed by atoms with Gasteiger partial charge in [-0.2, -0.15) is 0 Å². The van der Waals surface area contributed by atoms with Gasteiger partial charge in [-0.15, -0.1) is 11.8 Å². The van der Waals surface area contributed by atoms with Crippen molar-refractivity contribution < 1.29 is 9.21 Å². The van der Waals surface area contributed by atoms with Crippen LogP contribution in [0, 0.1) is 6.92 Å². The van der Waals surface area contributed by atoms with Crippen LogP contribution in [0.2, 0.25) is 5.02 Å². The molecule has 3 rings (SSSR count). The molecule has 0 saturated carbocycles. The first-order valence-electron chi connectivity index (χ1n) is 6.64. The van der Waals surface area contributed by atoms with E-state index in [9.17, 15) is 4.79 Å². The van der Waals surface area contributed by atoms with Crippen LogP contribution >= 0.6 is 23.4 Å². The van der Waals surface area contributed by atoms with Crippen molar-refractivity contribution in [2.24, 2.45) is 0 Å². The minimum absolute atomic E-state index is 0.0639. The van der Waals surface area contributed by atoms with Crippen molar-refractivity contribution in [2.45, 2.75) is 12.3 Å². The van der Waals surface area contributed by atoms with E-state index in [0.717, 1.165) is 23.0 Å². The number of carbonyl (C=O) groups excluding carboxylic acids is 1. The lowest BCUT2D eigenvalue weighted by Crippen LogP contribution is -2.34. The lowest BCUT2D eigenvalue weighted by molar-refractivity contribution is 0.209. The number of hydrogen-bond donors (Lipinski definition) is 1. The predicted octanol–water partition coefficient (Wildman–Crippen LogP) is 4.52. The van der Waals surface area contributed by atoms with Gasteiger partial charge in [0.25, 0.3) is 0 Å². The van der Waals surface area contributed by atoms with E-state index in [1.807, 2.05) is 19.1 Å². The molecule has 1 N–H and O–H groups in total. The Morgan fingerprint density at radius 3 is 2.76 bits per heavy atom. The summed E-state index contributed by atoms with van der Waals surface area (Å²) in [5.74, 6) is 2.58. The number of urea groups is 1. The van der Waals surface area contributed by atoms with Gasteiger partial charge in [-0.25, -0.2) is 4.79 Å². The Kier molecular flexibility index (Phi) is 4.12. The molecule has 4 nitrogen and oxygen atoms in total. The van der Waals surface area contributed by atoms with E-state index in [2.05, 4.69) is 5.32 Å². The zero-order chi connectivity index (χ0) is 14.8. The minimum atomic E-state index is -0.124. The maximum Gasteiger partial charge on any atom is 0.323 e. The second-order valence-electron chi connectivity index (χ2n) is 4.80. The van der Waals surface area contributed by atoms with Gasteiger partial charge in [0, 0.05) is 23.0 Å². The van der Waals surface area contributed by atoms with Crippen LogP contribution in [0.25, 0.3) is 0 Å². The van der Waals surface area contributed by atoms with Crippen molar-refractivity contribution in [3.8, 4) is 0 Å². The molecule has 0 aliphatic carbocycles. The Balaban J connectivity index is 1.72. The molecule has 21 heavy (non-hydrogen) atoms. The number of benzene rings is 1. The van der Waals surface area contributed by atoms with Crippen molar-refractivity contribution in [3.63, 3.8) is 0 Å². The average molecular weight is 323 g/mol. The van der Waals surface area contributed by atoms with Gasteiger partial charge in [-0.3, -0.25) is 0 Å². The van der Waals surface area contributed by atoms with Gasteiger partial charge in [0.2, 0.25) is 0 Å². The number of carbonyl (C=O) groups is 1. The number of thioether (sulfide) groups is 1. The van der Waals surface area contributed by atoms with Crippen LogP contribution in [0.15, 0.2) is 40.8 Å². The SMILES string of the molecule is Cc1ccc(C2SCCN2C(=O)Nc2ccc(Cl)cc2)o1. The highest BCUT2D eigenvalue weighted by Crippen LogP contribution is 2.38. The summed E-state index contributed by atoms with van der Waals surface area (Å²) >= 11 is 7.55. The highest BCUT2D eigenvalue weighted by Gasteiger charge is 2.32. The maximum atomic E-state index is 12.4. The molecule has 0 spiro atoms. The first-order chi connectivity index (χ1) is 10.1. The summed E-state index contributed by atoms with van der Waals surface area (Å²) in [7, 11) is 0. The number of aryl methyl sites for hydroxylation is 1. The smallest absolute Gasteiger partial charge is 0.323 e. The highest BCUT2D eigenvalue weighted by molar-refractivity contribution is 7.99. The maximum absolute atomic E-state index is 12.4. The van der Waals surface area contributed by atoms with Gasteiger partial charge in [-0.05, 0) is 43.3 Å². The average Bonchev–Trinajstić information content (AvgIpc) is 3.09. The number of nitrogens with one attached hydrogen (secondary N) is 1. The number of amides is 2. The number of rotatable bonds is 2. The molecule has 1 aliphatic heterocycles. The lowest BCUT2D eigenvalue weighted by atomic mass is 10.3. The fourth-order valence-corrected chi connectivity index (χ4v) is 3.55. The minimum Gasteiger partial charge on any atom is -0.463 e.